The molecule has 0 aromatic heterocycles. The molecule has 2 atom stereocenters. The van der Waals surface area contributed by atoms with Crippen LogP contribution in [0.1, 0.15) is 76.1 Å². The highest BCUT2D eigenvalue weighted by Gasteiger charge is 2.42. The van der Waals surface area contributed by atoms with Gasteiger partial charge in [0.05, 0.1) is 22.3 Å². The van der Waals surface area contributed by atoms with Gasteiger partial charge in [0.1, 0.15) is 0 Å². The number of amides is 1. The van der Waals surface area contributed by atoms with E-state index >= 15 is 0 Å². The van der Waals surface area contributed by atoms with Crippen molar-refractivity contribution in [3.05, 3.63) is 111 Å². The monoisotopic (exact) mass is 537 g/mol. The molecule has 1 aliphatic heterocycles. The highest BCUT2D eigenvalue weighted by molar-refractivity contribution is 6.06. The van der Waals surface area contributed by atoms with E-state index in [1.54, 1.807) is 17.0 Å². The van der Waals surface area contributed by atoms with Crippen LogP contribution in [0.2, 0.25) is 0 Å². The second-order valence-electron chi connectivity index (χ2n) is 12.1. The van der Waals surface area contributed by atoms with Gasteiger partial charge in [0.15, 0.2) is 5.78 Å². The lowest BCUT2D eigenvalue weighted by Crippen LogP contribution is -2.40. The topological polar surface area (TPSA) is 92.6 Å². The molecule has 0 saturated heterocycles. The Morgan fingerprint density at radius 2 is 1.68 bits per heavy atom. The quantitative estimate of drug-likeness (QED) is 0.276. The van der Waals surface area contributed by atoms with E-state index in [-0.39, 0.29) is 34.6 Å². The van der Waals surface area contributed by atoms with Crippen LogP contribution >= 0.6 is 0 Å². The van der Waals surface area contributed by atoms with Crippen LogP contribution in [0.3, 0.4) is 0 Å². The van der Waals surface area contributed by atoms with Crippen LogP contribution in [0, 0.1) is 16.0 Å². The molecule has 0 bridgehead atoms. The summed E-state index contributed by atoms with van der Waals surface area (Å²) >= 11 is 0. The Hall–Kier alpha value is -4.26. The van der Waals surface area contributed by atoms with Gasteiger partial charge in [0, 0.05) is 35.7 Å². The summed E-state index contributed by atoms with van der Waals surface area (Å²) in [5, 5.41) is 15.2. The van der Waals surface area contributed by atoms with E-state index < -0.39 is 11.0 Å². The first kappa shape index (κ1) is 27.3. The zero-order chi connectivity index (χ0) is 28.8. The van der Waals surface area contributed by atoms with Crippen LogP contribution in [0.5, 0.6) is 0 Å². The lowest BCUT2D eigenvalue weighted by molar-refractivity contribution is -0.384. The van der Waals surface area contributed by atoms with Gasteiger partial charge in [-0.1, -0.05) is 83.1 Å². The number of non-ortho nitro benzene ring substituents is 1. The number of rotatable bonds is 4. The highest BCUT2D eigenvalue weighted by atomic mass is 16.6. The van der Waals surface area contributed by atoms with Crippen LogP contribution in [-0.4, -0.2) is 16.6 Å². The van der Waals surface area contributed by atoms with Crippen LogP contribution in [0.15, 0.2) is 84.1 Å². The first-order valence-corrected chi connectivity index (χ1v) is 13.8. The number of allylic oxidation sites excluding steroid dienone is 1. The third kappa shape index (κ3) is 5.04. The molecular weight excluding hydrogens is 502 g/mol. The molecule has 206 valence electrons. The Bertz CT molecular complexity index is 1520. The Kier molecular flexibility index (Phi) is 7.08. The van der Waals surface area contributed by atoms with Crippen LogP contribution in [0.4, 0.5) is 17.1 Å². The van der Waals surface area contributed by atoms with Gasteiger partial charge in [0.2, 0.25) is 5.91 Å². The van der Waals surface area contributed by atoms with E-state index in [9.17, 15) is 19.7 Å². The number of nitrogens with one attached hydrogen (secondary N) is 1. The zero-order valence-electron chi connectivity index (χ0n) is 23.6. The molecule has 2 aliphatic rings. The average Bonchev–Trinajstić information content (AvgIpc) is 3.07. The van der Waals surface area contributed by atoms with Crippen molar-refractivity contribution in [3.63, 3.8) is 0 Å². The van der Waals surface area contributed by atoms with Crippen molar-refractivity contribution in [3.8, 4) is 0 Å². The minimum absolute atomic E-state index is 0.0289. The zero-order valence-corrected chi connectivity index (χ0v) is 23.6. The van der Waals surface area contributed by atoms with Crippen molar-refractivity contribution < 1.29 is 14.5 Å². The first-order valence-electron chi connectivity index (χ1n) is 13.8. The normalized spacial score (nSPS) is 19.1. The number of nitro groups is 1. The number of ketones is 1. The second-order valence-corrected chi connectivity index (χ2v) is 12.1. The standard InChI is InChI=1S/C33H35N3O4/c1-20(2)32(38)35-28-12-7-6-11-26(28)34-27-18-23(21-13-15-24(16-14-21)33(3,4)5)19-29(37)30(27)31(35)22-9-8-10-25(17-22)36(39)40/h6-17,20,23,31,34H,18-19H2,1-5H3/t23-,31+/m0/s1. The summed E-state index contributed by atoms with van der Waals surface area (Å²) in [6, 6.07) is 21.5. The summed E-state index contributed by atoms with van der Waals surface area (Å²) in [4.78, 5) is 40.8. The Morgan fingerprint density at radius 3 is 2.33 bits per heavy atom. The minimum Gasteiger partial charge on any atom is -0.357 e. The van der Waals surface area contributed by atoms with Crippen LogP contribution in [-0.2, 0) is 15.0 Å². The smallest absolute Gasteiger partial charge is 0.269 e. The van der Waals surface area contributed by atoms with Gasteiger partial charge < -0.3 is 5.32 Å². The number of fused-ring (bicyclic) bond motifs is 1. The third-order valence-electron chi connectivity index (χ3n) is 7.86. The molecule has 0 fully saturated rings. The molecule has 3 aromatic rings. The third-order valence-corrected chi connectivity index (χ3v) is 7.86. The van der Waals surface area contributed by atoms with Crippen molar-refractivity contribution in [2.75, 3.05) is 10.2 Å². The fourth-order valence-corrected chi connectivity index (χ4v) is 5.73. The summed E-state index contributed by atoms with van der Waals surface area (Å²) in [5.74, 6) is -0.612. The molecule has 0 saturated carbocycles. The van der Waals surface area contributed by atoms with Crippen LogP contribution < -0.4 is 10.2 Å². The number of anilines is 2. The average molecular weight is 538 g/mol. The molecule has 3 aromatic carbocycles. The van der Waals surface area contributed by atoms with Gasteiger partial charge in [0.25, 0.3) is 5.69 Å². The molecule has 0 spiro atoms. The number of benzene rings is 3. The van der Waals surface area contributed by atoms with Gasteiger partial charge in [-0.15, -0.1) is 0 Å². The molecule has 1 aliphatic carbocycles. The molecule has 1 N–H and O–H groups in total. The van der Waals surface area contributed by atoms with E-state index in [1.807, 2.05) is 38.1 Å². The van der Waals surface area contributed by atoms with Crippen molar-refractivity contribution in [1.29, 1.82) is 0 Å². The summed E-state index contributed by atoms with van der Waals surface area (Å²) in [6.07, 6.45) is 0.875. The number of hydrogen-bond acceptors (Lipinski definition) is 5. The molecular formula is C33H35N3O4. The fourth-order valence-electron chi connectivity index (χ4n) is 5.73. The fraction of sp³-hybridized carbons (Fsp3) is 0.333. The molecule has 0 unspecified atom stereocenters. The van der Waals surface area contributed by atoms with Gasteiger partial charge in [-0.3, -0.25) is 24.6 Å². The molecule has 1 amide bonds. The summed E-state index contributed by atoms with van der Waals surface area (Å²) in [5.41, 5.74) is 5.43. The molecule has 5 rings (SSSR count). The molecule has 7 heteroatoms. The maximum absolute atomic E-state index is 14.1. The second kappa shape index (κ2) is 10.4. The Labute approximate surface area is 235 Å². The predicted octanol–water partition coefficient (Wildman–Crippen LogP) is 7.45. The van der Waals surface area contributed by atoms with Gasteiger partial charge in [-0.05, 0) is 46.6 Å². The van der Waals surface area contributed by atoms with Gasteiger partial charge >= 0.3 is 0 Å². The molecule has 40 heavy (non-hydrogen) atoms. The van der Waals surface area contributed by atoms with Crippen LogP contribution in [0.25, 0.3) is 0 Å². The van der Waals surface area contributed by atoms with Gasteiger partial charge in [-0.25, -0.2) is 0 Å². The van der Waals surface area contributed by atoms with E-state index in [0.717, 1.165) is 16.9 Å². The van der Waals surface area contributed by atoms with Gasteiger partial charge in [-0.2, -0.15) is 0 Å². The number of nitrogens with zero attached hydrogens (tertiary/aromatic N) is 2. The number of hydrogen-bond donors (Lipinski definition) is 1. The Balaban J connectivity index is 1.68. The first-order chi connectivity index (χ1) is 19.0. The predicted molar refractivity (Wildman–Crippen MR) is 157 cm³/mol. The summed E-state index contributed by atoms with van der Waals surface area (Å²) < 4.78 is 0. The highest BCUT2D eigenvalue weighted by Crippen LogP contribution is 2.48. The van der Waals surface area contributed by atoms with E-state index in [1.165, 1.54) is 17.7 Å². The van der Waals surface area contributed by atoms with E-state index in [2.05, 4.69) is 50.4 Å². The minimum atomic E-state index is -0.794. The van der Waals surface area contributed by atoms with Crippen molar-refractivity contribution in [2.45, 2.75) is 64.8 Å². The van der Waals surface area contributed by atoms with E-state index in [0.29, 0.717) is 29.7 Å². The van der Waals surface area contributed by atoms with E-state index in [4.69, 9.17) is 0 Å². The number of para-hydroxylation sites is 2. The summed E-state index contributed by atoms with van der Waals surface area (Å²) in [6.45, 7) is 10.2. The van der Waals surface area contributed by atoms with Crippen molar-refractivity contribution in [2.24, 2.45) is 5.92 Å². The number of nitro benzene ring substituents is 1. The lowest BCUT2D eigenvalue weighted by Gasteiger charge is -2.36. The SMILES string of the molecule is CC(C)C(=O)N1c2ccccc2NC2=C(C(=O)C[C@@H](c3ccc(C(C)(C)C)cc3)C2)[C@H]1c1cccc([N+](=O)[O-])c1. The molecule has 1 heterocycles. The maximum atomic E-state index is 14.1. The molecule has 0 radical (unpaired) electrons. The van der Waals surface area contributed by atoms with Crippen molar-refractivity contribution >= 4 is 28.8 Å². The summed E-state index contributed by atoms with van der Waals surface area (Å²) in [7, 11) is 0. The lowest BCUT2D eigenvalue weighted by atomic mass is 9.77. The maximum Gasteiger partial charge on any atom is 0.269 e. The van der Waals surface area contributed by atoms with Crippen molar-refractivity contribution in [1.82, 2.24) is 0 Å². The number of carbonyl (C=O) groups is 2. The number of carbonyl (C=O) groups excluding carboxylic acids is 2. The number of Topliss-reactive ketones (excluding diaryl/α,β-unsaturated/α-hetero) is 1. The molecule has 7 nitrogen and oxygen atoms in total. The largest absolute Gasteiger partial charge is 0.357 e. The Morgan fingerprint density at radius 1 is 0.975 bits per heavy atom.